The smallest absolute Gasteiger partial charge is 0.243 e. The molecule has 1 saturated carbocycles. The molecule has 4 rings (SSSR count). The minimum atomic E-state index is -0.000579. The van der Waals surface area contributed by atoms with Gasteiger partial charge in [-0.25, -0.2) is 10.1 Å². The molecular formula is C18H16N4OS. The third-order valence-corrected chi connectivity index (χ3v) is 4.72. The van der Waals surface area contributed by atoms with E-state index in [9.17, 15) is 4.79 Å². The maximum Gasteiger partial charge on any atom is 0.243 e. The van der Waals surface area contributed by atoms with Crippen molar-refractivity contribution in [3.8, 4) is 16.3 Å². The zero-order valence-corrected chi connectivity index (χ0v) is 13.7. The van der Waals surface area contributed by atoms with Gasteiger partial charge in [0.1, 0.15) is 5.69 Å². The van der Waals surface area contributed by atoms with Crippen molar-refractivity contribution < 1.29 is 4.79 Å². The Labute approximate surface area is 143 Å². The van der Waals surface area contributed by atoms with E-state index in [1.807, 2.05) is 58.7 Å². The summed E-state index contributed by atoms with van der Waals surface area (Å²) in [5.74, 6) is 0.144. The first-order valence-corrected chi connectivity index (χ1v) is 8.71. The fourth-order valence-electron chi connectivity index (χ4n) is 2.40. The third-order valence-electron chi connectivity index (χ3n) is 3.84. The van der Waals surface area contributed by atoms with Crippen LogP contribution in [0.15, 0.2) is 59.1 Å². The first-order chi connectivity index (χ1) is 11.8. The molecule has 1 aromatic carbocycles. The Hall–Kier alpha value is -2.73. The van der Waals surface area contributed by atoms with Crippen molar-refractivity contribution in [1.82, 2.24) is 15.2 Å². The summed E-state index contributed by atoms with van der Waals surface area (Å²) in [6.07, 6.45) is 5.53. The van der Waals surface area contributed by atoms with Gasteiger partial charge in [0.25, 0.3) is 0 Å². The number of para-hydroxylation sites is 1. The van der Waals surface area contributed by atoms with Gasteiger partial charge < -0.3 is 0 Å². The topological polar surface area (TPSA) is 59.3 Å². The molecule has 1 N–H and O–H groups in total. The number of aromatic nitrogens is 2. The van der Waals surface area contributed by atoms with Crippen molar-refractivity contribution >= 4 is 23.5 Å². The van der Waals surface area contributed by atoms with Crippen molar-refractivity contribution in [3.63, 3.8) is 0 Å². The Balaban J connectivity index is 1.64. The molecule has 0 saturated heterocycles. The number of thiophene rings is 1. The van der Waals surface area contributed by atoms with Gasteiger partial charge in [-0.15, -0.1) is 11.3 Å². The van der Waals surface area contributed by atoms with Crippen LogP contribution in [0.25, 0.3) is 16.3 Å². The Bertz CT molecular complexity index is 864. The highest BCUT2D eigenvalue weighted by Gasteiger charge is 2.29. The summed E-state index contributed by atoms with van der Waals surface area (Å²) in [7, 11) is 0. The molecular weight excluding hydrogens is 320 g/mol. The van der Waals surface area contributed by atoms with Crippen LogP contribution >= 0.6 is 11.3 Å². The number of rotatable bonds is 5. The number of amides is 1. The second kappa shape index (κ2) is 6.41. The van der Waals surface area contributed by atoms with E-state index in [1.165, 1.54) is 0 Å². The molecule has 0 aliphatic heterocycles. The summed E-state index contributed by atoms with van der Waals surface area (Å²) in [4.78, 5) is 12.8. The Morgan fingerprint density at radius 1 is 1.25 bits per heavy atom. The van der Waals surface area contributed by atoms with Gasteiger partial charge in [-0.05, 0) is 36.4 Å². The lowest BCUT2D eigenvalue weighted by Gasteiger charge is -1.98. The lowest BCUT2D eigenvalue weighted by Crippen LogP contribution is -2.18. The Morgan fingerprint density at radius 2 is 2.08 bits per heavy atom. The van der Waals surface area contributed by atoms with Crippen LogP contribution < -0.4 is 5.43 Å². The molecule has 0 bridgehead atoms. The lowest BCUT2D eigenvalue weighted by molar-refractivity contribution is -0.122. The van der Waals surface area contributed by atoms with Crippen molar-refractivity contribution in [1.29, 1.82) is 0 Å². The van der Waals surface area contributed by atoms with E-state index in [-0.39, 0.29) is 11.8 Å². The molecule has 2 aromatic heterocycles. The van der Waals surface area contributed by atoms with Crippen molar-refractivity contribution in [2.75, 3.05) is 0 Å². The van der Waals surface area contributed by atoms with Gasteiger partial charge in [-0.3, -0.25) is 4.79 Å². The van der Waals surface area contributed by atoms with Crippen LogP contribution in [-0.2, 0) is 4.79 Å². The number of benzene rings is 1. The summed E-state index contributed by atoms with van der Waals surface area (Å²) < 4.78 is 1.83. The normalized spacial score (nSPS) is 14.2. The number of hydrogen-bond acceptors (Lipinski definition) is 4. The van der Waals surface area contributed by atoms with Crippen LogP contribution in [0.4, 0.5) is 0 Å². The summed E-state index contributed by atoms with van der Waals surface area (Å²) >= 11 is 1.63. The minimum Gasteiger partial charge on any atom is -0.273 e. The lowest BCUT2D eigenvalue weighted by atomic mass is 10.2. The zero-order valence-electron chi connectivity index (χ0n) is 12.9. The maximum absolute atomic E-state index is 11.7. The predicted octanol–water partition coefficient (Wildman–Crippen LogP) is 3.46. The fourth-order valence-corrected chi connectivity index (χ4v) is 3.13. The Morgan fingerprint density at radius 3 is 2.79 bits per heavy atom. The quantitative estimate of drug-likeness (QED) is 0.573. The SMILES string of the molecule is O=C(NN=Cc1cn(-c2ccccc2)nc1-c1cccs1)C1CC1. The highest BCUT2D eigenvalue weighted by molar-refractivity contribution is 7.13. The number of hydrazone groups is 1. The standard InChI is InChI=1S/C18H16N4OS/c23-18(13-8-9-13)20-19-11-14-12-22(15-5-2-1-3-6-15)21-17(14)16-7-4-10-24-16/h1-7,10-13H,8-9H2,(H,20,23). The molecule has 24 heavy (non-hydrogen) atoms. The van der Waals surface area contributed by atoms with Crippen LogP contribution in [0.2, 0.25) is 0 Å². The first-order valence-electron chi connectivity index (χ1n) is 7.83. The number of nitrogens with zero attached hydrogens (tertiary/aromatic N) is 3. The van der Waals surface area contributed by atoms with E-state index in [0.29, 0.717) is 0 Å². The van der Waals surface area contributed by atoms with Crippen LogP contribution in [0.1, 0.15) is 18.4 Å². The van der Waals surface area contributed by atoms with Gasteiger partial charge in [0.05, 0.1) is 16.8 Å². The average Bonchev–Trinajstić information content (AvgIpc) is 3.16. The van der Waals surface area contributed by atoms with Gasteiger partial charge in [-0.2, -0.15) is 10.2 Å². The molecule has 120 valence electrons. The second-order valence-electron chi connectivity index (χ2n) is 5.70. The van der Waals surface area contributed by atoms with E-state index >= 15 is 0 Å². The van der Waals surface area contributed by atoms with Crippen molar-refractivity contribution in [3.05, 3.63) is 59.6 Å². The van der Waals surface area contributed by atoms with E-state index in [0.717, 1.165) is 34.7 Å². The summed E-state index contributed by atoms with van der Waals surface area (Å²) in [5.41, 5.74) is 5.33. The van der Waals surface area contributed by atoms with Gasteiger partial charge >= 0.3 is 0 Å². The van der Waals surface area contributed by atoms with E-state index in [2.05, 4.69) is 10.5 Å². The molecule has 1 amide bonds. The molecule has 6 heteroatoms. The number of nitrogens with one attached hydrogen (secondary N) is 1. The summed E-state index contributed by atoms with van der Waals surface area (Å²) in [6, 6.07) is 14.0. The van der Waals surface area contributed by atoms with Gasteiger partial charge in [0.15, 0.2) is 0 Å². The molecule has 3 aromatic rings. The van der Waals surface area contributed by atoms with Crippen LogP contribution in [-0.4, -0.2) is 21.9 Å². The molecule has 5 nitrogen and oxygen atoms in total. The van der Waals surface area contributed by atoms with E-state index < -0.39 is 0 Å². The predicted molar refractivity (Wildman–Crippen MR) is 95.3 cm³/mol. The third kappa shape index (κ3) is 3.14. The monoisotopic (exact) mass is 336 g/mol. The largest absolute Gasteiger partial charge is 0.273 e. The average molecular weight is 336 g/mol. The number of carbonyl (C=O) groups excluding carboxylic acids is 1. The van der Waals surface area contributed by atoms with Gasteiger partial charge in [0.2, 0.25) is 5.91 Å². The molecule has 1 fully saturated rings. The van der Waals surface area contributed by atoms with E-state index in [4.69, 9.17) is 5.10 Å². The number of hydrogen-bond donors (Lipinski definition) is 1. The molecule has 0 spiro atoms. The van der Waals surface area contributed by atoms with Gasteiger partial charge in [-0.1, -0.05) is 24.3 Å². The molecule has 0 atom stereocenters. The van der Waals surface area contributed by atoms with Gasteiger partial charge in [0, 0.05) is 17.7 Å². The molecule has 1 aliphatic carbocycles. The van der Waals surface area contributed by atoms with Crippen molar-refractivity contribution in [2.24, 2.45) is 11.0 Å². The van der Waals surface area contributed by atoms with Crippen molar-refractivity contribution in [2.45, 2.75) is 12.8 Å². The molecule has 1 aliphatic rings. The second-order valence-corrected chi connectivity index (χ2v) is 6.65. The first kappa shape index (κ1) is 14.8. The summed E-state index contributed by atoms with van der Waals surface area (Å²) in [5, 5.41) is 10.8. The Kier molecular flexibility index (Phi) is 3.96. The van der Waals surface area contributed by atoms with Crippen LogP contribution in [0.5, 0.6) is 0 Å². The highest BCUT2D eigenvalue weighted by Crippen LogP contribution is 2.29. The number of carbonyl (C=O) groups is 1. The minimum absolute atomic E-state index is 0.000579. The highest BCUT2D eigenvalue weighted by atomic mass is 32.1. The molecule has 0 unspecified atom stereocenters. The van der Waals surface area contributed by atoms with E-state index in [1.54, 1.807) is 17.6 Å². The summed E-state index contributed by atoms with van der Waals surface area (Å²) in [6.45, 7) is 0. The van der Waals surface area contributed by atoms with Crippen LogP contribution in [0, 0.1) is 5.92 Å². The zero-order chi connectivity index (χ0) is 16.4. The molecule has 0 radical (unpaired) electrons. The fraction of sp³-hybridized carbons (Fsp3) is 0.167. The molecule has 2 heterocycles. The maximum atomic E-state index is 11.7. The van der Waals surface area contributed by atoms with Crippen LogP contribution in [0.3, 0.4) is 0 Å².